The number of sulfonamides is 1. The van der Waals surface area contributed by atoms with Crippen LogP contribution >= 0.6 is 11.6 Å². The zero-order chi connectivity index (χ0) is 22.4. The minimum atomic E-state index is -3.81. The molecule has 1 amide bonds. The van der Waals surface area contributed by atoms with Gasteiger partial charge in [-0.05, 0) is 49.7 Å². The molecule has 3 rings (SSSR count). The highest BCUT2D eigenvalue weighted by molar-refractivity contribution is 7.92. The lowest BCUT2D eigenvalue weighted by atomic mass is 10.1. The number of nitrogens with one attached hydrogen (secondary N) is 2. The molecule has 31 heavy (non-hydrogen) atoms. The van der Waals surface area contributed by atoms with Crippen molar-refractivity contribution in [1.82, 2.24) is 5.32 Å². The minimum absolute atomic E-state index is 0.00687. The quantitative estimate of drug-likeness (QED) is 0.512. The smallest absolute Gasteiger partial charge is 0.261 e. The van der Waals surface area contributed by atoms with Gasteiger partial charge in [-0.15, -0.1) is 0 Å². The molecule has 3 aromatic carbocycles. The Morgan fingerprint density at radius 1 is 1.03 bits per heavy atom. The Bertz CT molecular complexity index is 1150. The van der Waals surface area contributed by atoms with Crippen molar-refractivity contribution in [3.8, 4) is 5.75 Å². The molecule has 0 aliphatic rings. The van der Waals surface area contributed by atoms with Crippen molar-refractivity contribution in [2.24, 2.45) is 0 Å². The molecule has 6 nitrogen and oxygen atoms in total. The van der Waals surface area contributed by atoms with Gasteiger partial charge in [0.1, 0.15) is 5.75 Å². The van der Waals surface area contributed by atoms with Crippen molar-refractivity contribution in [2.45, 2.75) is 24.8 Å². The van der Waals surface area contributed by atoms with Crippen LogP contribution in [0.1, 0.15) is 24.1 Å². The molecule has 0 fully saturated rings. The van der Waals surface area contributed by atoms with Gasteiger partial charge < -0.3 is 10.1 Å². The highest BCUT2D eigenvalue weighted by atomic mass is 35.5. The number of hydrogen-bond acceptors (Lipinski definition) is 4. The van der Waals surface area contributed by atoms with Crippen LogP contribution in [-0.4, -0.2) is 20.9 Å². The Morgan fingerprint density at radius 2 is 1.71 bits per heavy atom. The van der Waals surface area contributed by atoms with Gasteiger partial charge in [-0.3, -0.25) is 9.52 Å². The lowest BCUT2D eigenvalue weighted by Gasteiger charge is -2.15. The first-order valence-electron chi connectivity index (χ1n) is 9.61. The van der Waals surface area contributed by atoms with E-state index in [1.807, 2.05) is 56.3 Å². The SMILES string of the molecule is Cc1ccc(NS(=O)(=O)c2ccc(OCC(=O)N[C@H](C)c3ccccc3)c(Cl)c2)cc1. The van der Waals surface area contributed by atoms with Crippen LogP contribution in [-0.2, 0) is 14.8 Å². The van der Waals surface area contributed by atoms with Crippen molar-refractivity contribution in [3.05, 3.63) is 88.9 Å². The van der Waals surface area contributed by atoms with Crippen molar-refractivity contribution < 1.29 is 17.9 Å². The normalized spacial score (nSPS) is 12.1. The molecule has 0 aliphatic heterocycles. The standard InChI is InChI=1S/C23H23ClN2O4S/c1-16-8-10-19(11-9-16)26-31(28,29)20-12-13-22(21(24)14-20)30-15-23(27)25-17(2)18-6-4-3-5-7-18/h3-14,17,26H,15H2,1-2H3,(H,25,27)/t17-/m1/s1. The summed E-state index contributed by atoms with van der Waals surface area (Å²) in [5, 5.41) is 2.93. The maximum absolute atomic E-state index is 12.6. The Morgan fingerprint density at radius 3 is 2.35 bits per heavy atom. The van der Waals surface area contributed by atoms with Gasteiger partial charge in [-0.25, -0.2) is 8.42 Å². The molecule has 0 unspecified atom stereocenters. The summed E-state index contributed by atoms with van der Waals surface area (Å²) in [7, 11) is -3.81. The molecule has 8 heteroatoms. The third-order valence-corrected chi connectivity index (χ3v) is 6.23. The zero-order valence-electron chi connectivity index (χ0n) is 17.1. The predicted molar refractivity (Wildman–Crippen MR) is 122 cm³/mol. The fourth-order valence-electron chi connectivity index (χ4n) is 2.85. The number of halogens is 1. The molecule has 0 aromatic heterocycles. The van der Waals surface area contributed by atoms with Crippen molar-refractivity contribution in [1.29, 1.82) is 0 Å². The number of benzene rings is 3. The van der Waals surface area contributed by atoms with Gasteiger partial charge >= 0.3 is 0 Å². The first kappa shape index (κ1) is 22.7. The molecule has 0 aliphatic carbocycles. The Labute approximate surface area is 187 Å². The number of carbonyl (C=O) groups excluding carboxylic acids is 1. The lowest BCUT2D eigenvalue weighted by molar-refractivity contribution is -0.123. The van der Waals surface area contributed by atoms with Crippen LogP contribution < -0.4 is 14.8 Å². The van der Waals surface area contributed by atoms with E-state index in [0.717, 1.165) is 11.1 Å². The molecule has 0 bridgehead atoms. The molecule has 0 saturated carbocycles. The number of anilines is 1. The fraction of sp³-hybridized carbons (Fsp3) is 0.174. The Hall–Kier alpha value is -3.03. The van der Waals surface area contributed by atoms with Crippen LogP contribution in [0.2, 0.25) is 5.02 Å². The molecule has 0 spiro atoms. The second kappa shape index (κ2) is 9.85. The Balaban J connectivity index is 1.61. The van der Waals surface area contributed by atoms with Gasteiger partial charge in [-0.2, -0.15) is 0 Å². The maximum Gasteiger partial charge on any atom is 0.261 e. The van der Waals surface area contributed by atoms with Crippen LogP contribution in [0.5, 0.6) is 5.75 Å². The topological polar surface area (TPSA) is 84.5 Å². The lowest BCUT2D eigenvalue weighted by Crippen LogP contribution is -2.31. The maximum atomic E-state index is 12.6. The monoisotopic (exact) mass is 458 g/mol. The molecule has 2 N–H and O–H groups in total. The first-order valence-corrected chi connectivity index (χ1v) is 11.5. The summed E-state index contributed by atoms with van der Waals surface area (Å²) < 4.78 is 33.2. The minimum Gasteiger partial charge on any atom is -0.482 e. The summed E-state index contributed by atoms with van der Waals surface area (Å²) in [6, 6.07) is 20.5. The number of aryl methyl sites for hydroxylation is 1. The van der Waals surface area contributed by atoms with Crippen LogP contribution in [0.15, 0.2) is 77.7 Å². The van der Waals surface area contributed by atoms with E-state index in [9.17, 15) is 13.2 Å². The van der Waals surface area contributed by atoms with Gasteiger partial charge in [0.25, 0.3) is 15.9 Å². The second-order valence-corrected chi connectivity index (χ2v) is 9.14. The summed E-state index contributed by atoms with van der Waals surface area (Å²) in [5.41, 5.74) is 2.45. The summed E-state index contributed by atoms with van der Waals surface area (Å²) >= 11 is 6.20. The molecular weight excluding hydrogens is 436 g/mol. The van der Waals surface area contributed by atoms with Crippen molar-refractivity contribution >= 4 is 33.2 Å². The molecule has 0 radical (unpaired) electrons. The van der Waals surface area contributed by atoms with E-state index < -0.39 is 10.0 Å². The van der Waals surface area contributed by atoms with E-state index in [-0.39, 0.29) is 34.2 Å². The van der Waals surface area contributed by atoms with Crippen LogP contribution in [0.25, 0.3) is 0 Å². The average Bonchev–Trinajstić information content (AvgIpc) is 2.75. The largest absolute Gasteiger partial charge is 0.482 e. The summed E-state index contributed by atoms with van der Waals surface area (Å²) in [4.78, 5) is 12.2. The van der Waals surface area contributed by atoms with Crippen LogP contribution in [0.3, 0.4) is 0 Å². The summed E-state index contributed by atoms with van der Waals surface area (Å²) in [5.74, 6) is -0.0939. The predicted octanol–water partition coefficient (Wildman–Crippen LogP) is 4.71. The highest BCUT2D eigenvalue weighted by Gasteiger charge is 2.17. The number of rotatable bonds is 8. The first-order chi connectivity index (χ1) is 14.7. The van der Waals surface area contributed by atoms with E-state index >= 15 is 0 Å². The number of carbonyl (C=O) groups is 1. The second-order valence-electron chi connectivity index (χ2n) is 7.05. The number of ether oxygens (including phenoxy) is 1. The van der Waals surface area contributed by atoms with E-state index in [0.29, 0.717) is 5.69 Å². The average molecular weight is 459 g/mol. The van der Waals surface area contributed by atoms with Gasteiger partial charge in [0, 0.05) is 5.69 Å². The third-order valence-electron chi connectivity index (χ3n) is 4.55. The zero-order valence-corrected chi connectivity index (χ0v) is 18.7. The number of amides is 1. The van der Waals surface area contributed by atoms with E-state index in [2.05, 4.69) is 10.0 Å². The molecule has 162 valence electrons. The third kappa shape index (κ3) is 6.23. The molecule has 1 atom stereocenters. The summed E-state index contributed by atoms with van der Waals surface area (Å²) in [6.45, 7) is 3.55. The van der Waals surface area contributed by atoms with E-state index in [4.69, 9.17) is 16.3 Å². The van der Waals surface area contributed by atoms with Gasteiger partial charge in [0.15, 0.2) is 6.61 Å². The Kier molecular flexibility index (Phi) is 7.20. The molecular formula is C23H23ClN2O4S. The van der Waals surface area contributed by atoms with E-state index in [1.54, 1.807) is 12.1 Å². The molecule has 3 aromatic rings. The van der Waals surface area contributed by atoms with Crippen LogP contribution in [0, 0.1) is 6.92 Å². The van der Waals surface area contributed by atoms with Gasteiger partial charge in [0.05, 0.1) is 16.0 Å². The summed E-state index contributed by atoms with van der Waals surface area (Å²) in [6.07, 6.45) is 0. The molecule has 0 saturated heterocycles. The fourth-order valence-corrected chi connectivity index (χ4v) is 4.24. The van der Waals surface area contributed by atoms with Crippen LogP contribution in [0.4, 0.5) is 5.69 Å². The van der Waals surface area contributed by atoms with E-state index in [1.165, 1.54) is 18.2 Å². The highest BCUT2D eigenvalue weighted by Crippen LogP contribution is 2.28. The van der Waals surface area contributed by atoms with Crippen molar-refractivity contribution in [3.63, 3.8) is 0 Å². The van der Waals surface area contributed by atoms with Gasteiger partial charge in [-0.1, -0.05) is 59.6 Å². The molecule has 0 heterocycles. The number of hydrogen-bond donors (Lipinski definition) is 2. The van der Waals surface area contributed by atoms with Gasteiger partial charge in [0.2, 0.25) is 0 Å². The van der Waals surface area contributed by atoms with Crippen molar-refractivity contribution in [2.75, 3.05) is 11.3 Å².